The van der Waals surface area contributed by atoms with Crippen LogP contribution in [0.25, 0.3) is 44.8 Å². The van der Waals surface area contributed by atoms with Crippen LogP contribution in [0.2, 0.25) is 0 Å². The van der Waals surface area contributed by atoms with Crippen LogP contribution in [0.4, 0.5) is 21.2 Å². The fourth-order valence-corrected chi connectivity index (χ4v) is 6.63. The Morgan fingerprint density at radius 3 is 1.66 bits per heavy atom. The van der Waals surface area contributed by atoms with Gasteiger partial charge in [-0.2, -0.15) is 0 Å². The maximum atomic E-state index is 12.3. The molecule has 19 heteroatoms. The fraction of sp³-hybridized carbons (Fsp3) is 0.378. The number of nitrogens with zero attached hydrogens (tertiary/aromatic N) is 8. The molecule has 1 saturated heterocycles. The van der Waals surface area contributed by atoms with Gasteiger partial charge in [0.15, 0.2) is 34.3 Å². The van der Waals surface area contributed by atoms with Crippen molar-refractivity contribution in [3.8, 4) is 45.5 Å². The number of amides is 4. The minimum atomic E-state index is -0.306. The van der Waals surface area contributed by atoms with E-state index in [2.05, 4.69) is 61.0 Å². The van der Waals surface area contributed by atoms with Crippen molar-refractivity contribution in [2.45, 2.75) is 32.1 Å². The van der Waals surface area contributed by atoms with E-state index in [1.807, 2.05) is 14.1 Å². The Morgan fingerprint density at radius 2 is 1.17 bits per heavy atom. The Balaban J connectivity index is 0.000000214. The summed E-state index contributed by atoms with van der Waals surface area (Å²) in [6, 6.07) is 16.2. The lowest BCUT2D eigenvalue weighted by molar-refractivity contribution is 0.0371. The number of nitrogens with one attached hydrogen (secondary N) is 4. The summed E-state index contributed by atoms with van der Waals surface area (Å²) in [6.45, 7) is 6.93. The lowest BCUT2D eigenvalue weighted by atomic mass is 10.1. The summed E-state index contributed by atoms with van der Waals surface area (Å²) in [5.74, 6) is 1.58. The number of hydrogen-bond donors (Lipinski definition) is 6. The Labute approximate surface area is 371 Å². The monoisotopic (exact) mass is 876 g/mol. The predicted molar refractivity (Wildman–Crippen MR) is 245 cm³/mol. The van der Waals surface area contributed by atoms with E-state index in [4.69, 9.17) is 14.2 Å². The zero-order valence-electron chi connectivity index (χ0n) is 36.6. The highest BCUT2D eigenvalue weighted by molar-refractivity contribution is 5.90. The standard InChI is InChI=1S/C24H30N6O4.C21H26N6O3/c1-33-21-15-17(5-7-20(21)31)19-16-26-18-6-8-22(28-23(18)27-19)29-24(32)25-9-3-2-4-10-30-11-13-34-14-12-30;1-27(2)11-5-4-10-22-21(29)26-19-9-7-15-20(25-19)24-16(13-23-15)14-6-8-17(28)18(12-14)30-3/h5-8,15-16,31H,2-4,9-14H2,1H3,(H2,25,27,28,29,32);6-9,12-13,28H,4-5,10-11H2,1-3H3,(H2,22,24,25,26,29). The van der Waals surface area contributed by atoms with E-state index >= 15 is 0 Å². The molecule has 338 valence electrons. The minimum absolute atomic E-state index is 0.0485. The summed E-state index contributed by atoms with van der Waals surface area (Å²) in [5.41, 5.74) is 4.66. The van der Waals surface area contributed by atoms with Gasteiger partial charge in [0.25, 0.3) is 0 Å². The molecule has 1 fully saturated rings. The third kappa shape index (κ3) is 13.8. The van der Waals surface area contributed by atoms with Gasteiger partial charge in [-0.1, -0.05) is 6.42 Å². The molecule has 64 heavy (non-hydrogen) atoms. The topological polar surface area (TPSA) is 234 Å². The van der Waals surface area contributed by atoms with Crippen LogP contribution in [0.15, 0.2) is 73.1 Å². The molecule has 0 aliphatic carbocycles. The number of morpholine rings is 1. The summed E-state index contributed by atoms with van der Waals surface area (Å²) < 4.78 is 15.7. The first-order chi connectivity index (χ1) is 31.1. The normalized spacial score (nSPS) is 12.6. The highest BCUT2D eigenvalue weighted by Crippen LogP contribution is 2.32. The molecule has 1 aliphatic heterocycles. The first-order valence-electron chi connectivity index (χ1n) is 21.2. The number of phenols is 2. The van der Waals surface area contributed by atoms with Gasteiger partial charge in [0.05, 0.1) is 51.2 Å². The number of pyridine rings is 2. The van der Waals surface area contributed by atoms with E-state index in [9.17, 15) is 19.8 Å². The number of urea groups is 2. The third-order valence-corrected chi connectivity index (χ3v) is 10.1. The highest BCUT2D eigenvalue weighted by atomic mass is 16.5. The SMILES string of the molecule is COc1cc(-c2cnc3ccc(NC(=O)NCCCCCN4CCOCC4)nc3n2)ccc1O.COc1cc(-c2cnc3ccc(NC(=O)NCCCCN(C)C)nc3n2)ccc1O. The van der Waals surface area contributed by atoms with Gasteiger partial charge in [-0.15, -0.1) is 0 Å². The number of benzene rings is 2. The van der Waals surface area contributed by atoms with Gasteiger partial charge in [0, 0.05) is 37.3 Å². The summed E-state index contributed by atoms with van der Waals surface area (Å²) in [4.78, 5) is 55.6. The molecule has 0 atom stereocenters. The van der Waals surface area contributed by atoms with Crippen LogP contribution in [-0.2, 0) is 4.74 Å². The van der Waals surface area contributed by atoms with Crippen LogP contribution >= 0.6 is 0 Å². The summed E-state index contributed by atoms with van der Waals surface area (Å²) in [5, 5.41) is 30.8. The average Bonchev–Trinajstić information content (AvgIpc) is 3.30. The Kier molecular flexibility index (Phi) is 17.1. The smallest absolute Gasteiger partial charge is 0.320 e. The first kappa shape index (κ1) is 46.5. The van der Waals surface area contributed by atoms with Crippen molar-refractivity contribution in [3.05, 3.63) is 73.1 Å². The van der Waals surface area contributed by atoms with Gasteiger partial charge < -0.3 is 40.0 Å². The molecule has 0 saturated carbocycles. The third-order valence-electron chi connectivity index (χ3n) is 10.1. The van der Waals surface area contributed by atoms with Crippen molar-refractivity contribution >= 4 is 46.0 Å². The van der Waals surface area contributed by atoms with Crippen molar-refractivity contribution in [3.63, 3.8) is 0 Å². The van der Waals surface area contributed by atoms with Crippen LogP contribution in [0.3, 0.4) is 0 Å². The van der Waals surface area contributed by atoms with Crippen molar-refractivity contribution in [2.24, 2.45) is 0 Å². The van der Waals surface area contributed by atoms with E-state index in [0.29, 0.717) is 69.9 Å². The van der Waals surface area contributed by atoms with Crippen LogP contribution < -0.4 is 30.7 Å². The van der Waals surface area contributed by atoms with E-state index in [-0.39, 0.29) is 23.6 Å². The van der Waals surface area contributed by atoms with Gasteiger partial charge in [-0.3, -0.25) is 25.5 Å². The summed E-state index contributed by atoms with van der Waals surface area (Å²) >= 11 is 0. The maximum Gasteiger partial charge on any atom is 0.320 e. The number of unbranched alkanes of at least 4 members (excludes halogenated alkanes) is 3. The number of ether oxygens (including phenoxy) is 3. The van der Waals surface area contributed by atoms with Gasteiger partial charge in [0.2, 0.25) is 0 Å². The number of hydrogen-bond acceptors (Lipinski definition) is 15. The Bertz CT molecular complexity index is 2490. The maximum absolute atomic E-state index is 12.3. The lowest BCUT2D eigenvalue weighted by Gasteiger charge is -2.26. The number of rotatable bonds is 17. The van der Waals surface area contributed by atoms with E-state index < -0.39 is 0 Å². The van der Waals surface area contributed by atoms with Gasteiger partial charge in [0.1, 0.15) is 22.7 Å². The molecule has 19 nitrogen and oxygen atoms in total. The first-order valence-corrected chi connectivity index (χ1v) is 21.2. The van der Waals surface area contributed by atoms with Crippen LogP contribution in [-0.4, -0.2) is 143 Å². The van der Waals surface area contributed by atoms with Crippen LogP contribution in [0.5, 0.6) is 23.0 Å². The molecule has 4 aromatic heterocycles. The average molecular weight is 877 g/mol. The number of aromatic nitrogens is 6. The van der Waals surface area contributed by atoms with Crippen molar-refractivity contribution in [1.29, 1.82) is 0 Å². The number of methoxy groups -OCH3 is 2. The molecular formula is C45H56N12O7. The zero-order chi connectivity index (χ0) is 45.3. The van der Waals surface area contributed by atoms with Gasteiger partial charge >= 0.3 is 12.1 Å². The number of phenolic OH excluding ortho intramolecular Hbond substituents is 2. The number of anilines is 2. The van der Waals surface area contributed by atoms with E-state index in [1.165, 1.54) is 20.3 Å². The fourth-order valence-electron chi connectivity index (χ4n) is 6.63. The molecule has 2 aromatic carbocycles. The second kappa shape index (κ2) is 23.5. The lowest BCUT2D eigenvalue weighted by Crippen LogP contribution is -2.36. The van der Waals surface area contributed by atoms with E-state index in [0.717, 1.165) is 82.6 Å². The van der Waals surface area contributed by atoms with Crippen molar-refractivity contribution in [1.82, 2.24) is 50.3 Å². The molecule has 0 spiro atoms. The number of carbonyl (C=O) groups is 2. The van der Waals surface area contributed by atoms with E-state index in [1.54, 1.807) is 67.0 Å². The minimum Gasteiger partial charge on any atom is -0.504 e. The second-order valence-electron chi connectivity index (χ2n) is 15.1. The molecule has 1 aliphatic rings. The Hall–Kier alpha value is -6.96. The van der Waals surface area contributed by atoms with Crippen molar-refractivity contribution in [2.75, 3.05) is 91.4 Å². The molecule has 4 amide bonds. The molecule has 0 radical (unpaired) electrons. The van der Waals surface area contributed by atoms with Gasteiger partial charge in [-0.25, -0.2) is 29.5 Å². The van der Waals surface area contributed by atoms with Gasteiger partial charge in [-0.05, 0) is 114 Å². The quantitative estimate of drug-likeness (QED) is 0.0586. The molecule has 6 N–H and O–H groups in total. The number of carbonyl (C=O) groups excluding carboxylic acids is 2. The van der Waals surface area contributed by atoms with Crippen LogP contribution in [0, 0.1) is 0 Å². The molecule has 6 aromatic rings. The number of fused-ring (bicyclic) bond motifs is 2. The number of aromatic hydroxyl groups is 2. The Morgan fingerprint density at radius 1 is 0.672 bits per heavy atom. The molecule has 7 rings (SSSR count). The second-order valence-corrected chi connectivity index (χ2v) is 15.1. The van der Waals surface area contributed by atoms with Crippen LogP contribution in [0.1, 0.15) is 32.1 Å². The summed E-state index contributed by atoms with van der Waals surface area (Å²) in [7, 11) is 7.02. The largest absolute Gasteiger partial charge is 0.504 e. The van der Waals surface area contributed by atoms with Crippen molar-refractivity contribution < 1.29 is 34.0 Å². The molecular weight excluding hydrogens is 821 g/mol. The zero-order valence-corrected chi connectivity index (χ0v) is 36.6. The summed E-state index contributed by atoms with van der Waals surface area (Å²) in [6.07, 6.45) is 8.28. The highest BCUT2D eigenvalue weighted by Gasteiger charge is 2.13. The molecule has 0 bridgehead atoms. The molecule has 5 heterocycles. The predicted octanol–water partition coefficient (Wildman–Crippen LogP) is 5.90. The molecule has 0 unspecified atom stereocenters.